The van der Waals surface area contributed by atoms with Crippen molar-refractivity contribution in [2.45, 2.75) is 42.7 Å². The lowest BCUT2D eigenvalue weighted by Crippen LogP contribution is -2.13. The number of nitrogens with two attached hydrogens (primary N) is 1. The third-order valence-electron chi connectivity index (χ3n) is 3.36. The number of aryl methyl sites for hydroxylation is 2. The Hall–Kier alpha value is -1.60. The Kier molecular flexibility index (Phi) is 3.39. The molecule has 1 aliphatic carbocycles. The minimum atomic E-state index is 0.496. The van der Waals surface area contributed by atoms with E-state index in [2.05, 4.69) is 21.6 Å². The summed E-state index contributed by atoms with van der Waals surface area (Å²) in [5.41, 5.74) is 4.65. The van der Waals surface area contributed by atoms with Crippen LogP contribution in [0.4, 0.5) is 5.82 Å². The van der Waals surface area contributed by atoms with Crippen LogP contribution in [-0.4, -0.2) is 19.7 Å². The molecule has 0 spiro atoms. The molecule has 0 amide bonds. The summed E-state index contributed by atoms with van der Waals surface area (Å²) in [6, 6.07) is 2.05. The zero-order valence-corrected chi connectivity index (χ0v) is 12.7. The van der Waals surface area contributed by atoms with E-state index >= 15 is 0 Å². The first kappa shape index (κ1) is 13.4. The molecule has 6 nitrogen and oxygen atoms in total. The largest absolute Gasteiger partial charge is 0.308 e. The molecular formula is C13H18N6S. The van der Waals surface area contributed by atoms with Crippen LogP contribution in [-0.2, 0) is 7.05 Å². The molecule has 0 radical (unpaired) electrons. The predicted molar refractivity (Wildman–Crippen MR) is 78.6 cm³/mol. The van der Waals surface area contributed by atoms with Gasteiger partial charge < -0.3 is 5.43 Å². The maximum Gasteiger partial charge on any atom is 0.147 e. The monoisotopic (exact) mass is 290 g/mol. The van der Waals surface area contributed by atoms with Gasteiger partial charge in [0.25, 0.3) is 0 Å². The van der Waals surface area contributed by atoms with Crippen molar-refractivity contribution in [1.82, 2.24) is 19.7 Å². The average molecular weight is 290 g/mol. The number of aromatic nitrogens is 4. The average Bonchev–Trinajstić information content (AvgIpc) is 3.19. The quantitative estimate of drug-likeness (QED) is 0.510. The van der Waals surface area contributed by atoms with E-state index in [1.54, 1.807) is 11.8 Å². The first-order valence-corrected chi connectivity index (χ1v) is 7.43. The van der Waals surface area contributed by atoms with Crippen LogP contribution in [0.15, 0.2) is 16.1 Å². The summed E-state index contributed by atoms with van der Waals surface area (Å²) >= 11 is 1.60. The SMILES string of the molecule is Cc1cc(Sc2nc(C3CC3)nc(NN)c2C)n(C)n1. The smallest absolute Gasteiger partial charge is 0.147 e. The Balaban J connectivity index is 1.99. The van der Waals surface area contributed by atoms with E-state index in [1.807, 2.05) is 25.6 Å². The molecular weight excluding hydrogens is 272 g/mol. The van der Waals surface area contributed by atoms with Gasteiger partial charge in [0.2, 0.25) is 0 Å². The molecule has 0 unspecified atom stereocenters. The van der Waals surface area contributed by atoms with Crippen molar-refractivity contribution < 1.29 is 0 Å². The molecule has 1 saturated carbocycles. The Morgan fingerprint density at radius 2 is 2.10 bits per heavy atom. The van der Waals surface area contributed by atoms with Crippen molar-refractivity contribution in [2.24, 2.45) is 12.9 Å². The second-order valence-electron chi connectivity index (χ2n) is 5.13. The van der Waals surface area contributed by atoms with Crippen molar-refractivity contribution in [2.75, 3.05) is 5.43 Å². The molecule has 0 atom stereocenters. The Labute approximate surface area is 122 Å². The number of nitrogens with zero attached hydrogens (tertiary/aromatic N) is 4. The molecule has 2 heterocycles. The second-order valence-corrected chi connectivity index (χ2v) is 6.14. The number of hydrogen-bond acceptors (Lipinski definition) is 6. The van der Waals surface area contributed by atoms with Gasteiger partial charge in [-0.25, -0.2) is 15.8 Å². The summed E-state index contributed by atoms with van der Waals surface area (Å²) in [7, 11) is 1.94. The standard InChI is InChI=1S/C13H18N6S/c1-7-6-10(19(3)18-7)20-13-8(2)11(17-14)15-12(16-13)9-4-5-9/h6,9H,4-5,14H2,1-3H3,(H,15,16,17). The molecule has 0 aliphatic heterocycles. The fourth-order valence-corrected chi connectivity index (χ4v) is 3.05. The summed E-state index contributed by atoms with van der Waals surface area (Å²) < 4.78 is 1.87. The third kappa shape index (κ3) is 2.51. The van der Waals surface area contributed by atoms with E-state index in [0.29, 0.717) is 11.7 Å². The molecule has 106 valence electrons. The van der Waals surface area contributed by atoms with Crippen molar-refractivity contribution in [1.29, 1.82) is 0 Å². The van der Waals surface area contributed by atoms with Crippen LogP contribution in [0.1, 0.15) is 35.8 Å². The summed E-state index contributed by atoms with van der Waals surface area (Å²) in [5, 5.41) is 6.37. The molecule has 0 bridgehead atoms. The predicted octanol–water partition coefficient (Wildman–Crippen LogP) is 2.14. The van der Waals surface area contributed by atoms with Gasteiger partial charge in [-0.1, -0.05) is 0 Å². The second kappa shape index (κ2) is 5.06. The first-order valence-electron chi connectivity index (χ1n) is 6.62. The number of hydrogen-bond donors (Lipinski definition) is 2. The van der Waals surface area contributed by atoms with E-state index < -0.39 is 0 Å². The van der Waals surface area contributed by atoms with Crippen LogP contribution < -0.4 is 11.3 Å². The van der Waals surface area contributed by atoms with E-state index in [0.717, 1.165) is 27.1 Å². The van der Waals surface area contributed by atoms with E-state index in [9.17, 15) is 0 Å². The third-order valence-corrected chi connectivity index (χ3v) is 4.54. The van der Waals surface area contributed by atoms with Crippen LogP contribution >= 0.6 is 11.8 Å². The van der Waals surface area contributed by atoms with Crippen molar-refractivity contribution in [3.05, 3.63) is 23.1 Å². The minimum Gasteiger partial charge on any atom is -0.308 e. The van der Waals surface area contributed by atoms with Gasteiger partial charge in [0.1, 0.15) is 21.7 Å². The number of rotatable bonds is 4. The lowest BCUT2D eigenvalue weighted by Gasteiger charge is -2.11. The van der Waals surface area contributed by atoms with Gasteiger partial charge in [-0.2, -0.15) is 5.10 Å². The maximum atomic E-state index is 5.57. The number of anilines is 1. The topological polar surface area (TPSA) is 81.6 Å². The lowest BCUT2D eigenvalue weighted by atomic mass is 10.3. The van der Waals surface area contributed by atoms with Crippen LogP contribution in [0.5, 0.6) is 0 Å². The highest BCUT2D eigenvalue weighted by Gasteiger charge is 2.28. The molecule has 20 heavy (non-hydrogen) atoms. The fourth-order valence-electron chi connectivity index (χ4n) is 2.06. The van der Waals surface area contributed by atoms with Gasteiger partial charge in [-0.05, 0) is 44.5 Å². The molecule has 7 heteroatoms. The van der Waals surface area contributed by atoms with Gasteiger partial charge in [0.05, 0.1) is 5.69 Å². The van der Waals surface area contributed by atoms with Gasteiger partial charge in [-0.15, -0.1) is 0 Å². The first-order chi connectivity index (χ1) is 9.58. The molecule has 1 aliphatic rings. The Morgan fingerprint density at radius 1 is 1.35 bits per heavy atom. The number of nitrogen functional groups attached to an aromatic ring is 1. The van der Waals surface area contributed by atoms with Gasteiger partial charge in [0.15, 0.2) is 0 Å². The number of nitrogens with one attached hydrogen (secondary N) is 1. The van der Waals surface area contributed by atoms with E-state index in [-0.39, 0.29) is 0 Å². The minimum absolute atomic E-state index is 0.496. The van der Waals surface area contributed by atoms with E-state index in [1.165, 1.54) is 12.8 Å². The van der Waals surface area contributed by atoms with Crippen molar-refractivity contribution in [3.8, 4) is 0 Å². The van der Waals surface area contributed by atoms with Gasteiger partial charge in [-0.3, -0.25) is 4.68 Å². The zero-order valence-electron chi connectivity index (χ0n) is 11.8. The van der Waals surface area contributed by atoms with Crippen molar-refractivity contribution in [3.63, 3.8) is 0 Å². The summed E-state index contributed by atoms with van der Waals surface area (Å²) in [6.45, 7) is 3.97. The molecule has 1 fully saturated rings. The van der Waals surface area contributed by atoms with Crippen LogP contribution in [0.25, 0.3) is 0 Å². The molecule has 2 aromatic heterocycles. The number of hydrazine groups is 1. The maximum absolute atomic E-state index is 5.57. The van der Waals surface area contributed by atoms with E-state index in [4.69, 9.17) is 10.8 Å². The van der Waals surface area contributed by atoms with Gasteiger partial charge >= 0.3 is 0 Å². The Morgan fingerprint density at radius 3 is 2.65 bits per heavy atom. The van der Waals surface area contributed by atoms with Gasteiger partial charge in [0, 0.05) is 18.5 Å². The van der Waals surface area contributed by atoms with Crippen LogP contribution in [0.2, 0.25) is 0 Å². The highest BCUT2D eigenvalue weighted by Crippen LogP contribution is 2.40. The normalized spacial score (nSPS) is 14.6. The van der Waals surface area contributed by atoms with Crippen LogP contribution in [0.3, 0.4) is 0 Å². The molecule has 3 rings (SSSR count). The van der Waals surface area contributed by atoms with Crippen molar-refractivity contribution >= 4 is 17.6 Å². The summed E-state index contributed by atoms with van der Waals surface area (Å²) in [4.78, 5) is 9.20. The lowest BCUT2D eigenvalue weighted by molar-refractivity contribution is 0.691. The highest BCUT2D eigenvalue weighted by atomic mass is 32.2. The highest BCUT2D eigenvalue weighted by molar-refractivity contribution is 7.99. The molecule has 0 saturated heterocycles. The molecule has 0 aromatic carbocycles. The Bertz CT molecular complexity index is 647. The molecule has 3 N–H and O–H groups in total. The summed E-state index contributed by atoms with van der Waals surface area (Å²) in [5.74, 6) is 7.67. The van der Waals surface area contributed by atoms with Crippen LogP contribution in [0, 0.1) is 13.8 Å². The molecule has 2 aromatic rings. The fraction of sp³-hybridized carbons (Fsp3) is 0.462. The zero-order chi connectivity index (χ0) is 14.3. The summed E-state index contributed by atoms with van der Waals surface area (Å²) in [6.07, 6.45) is 2.34.